The smallest absolute Gasteiger partial charge is 0.407 e. The summed E-state index contributed by atoms with van der Waals surface area (Å²) in [5, 5.41) is 2.91. The van der Waals surface area contributed by atoms with Crippen LogP contribution in [0.1, 0.15) is 49.4 Å². The lowest BCUT2D eigenvalue weighted by molar-refractivity contribution is -0.157. The molecule has 166 valence electrons. The molecular weight excluding hydrogens is 402 g/mol. The van der Waals surface area contributed by atoms with E-state index in [0.717, 1.165) is 16.7 Å². The molecule has 2 atom stereocenters. The van der Waals surface area contributed by atoms with Gasteiger partial charge in [0, 0.05) is 0 Å². The van der Waals surface area contributed by atoms with Crippen LogP contribution in [0.15, 0.2) is 91.0 Å². The Morgan fingerprint density at radius 1 is 0.781 bits per heavy atom. The number of hydrogen-bond acceptors (Lipinski definition) is 4. The van der Waals surface area contributed by atoms with E-state index in [1.165, 1.54) is 0 Å². The summed E-state index contributed by atoms with van der Waals surface area (Å²) in [5.74, 6) is -1.16. The van der Waals surface area contributed by atoms with Crippen molar-refractivity contribution in [2.45, 2.75) is 44.9 Å². The van der Waals surface area contributed by atoms with Gasteiger partial charge in [-0.05, 0) is 37.5 Å². The number of ether oxygens (including phenoxy) is 2. The Morgan fingerprint density at radius 2 is 1.28 bits per heavy atom. The molecule has 3 rings (SSSR count). The minimum Gasteiger partial charge on any atom is -0.459 e. The number of hydrogen-bond donors (Lipinski definition) is 1. The summed E-state index contributed by atoms with van der Waals surface area (Å²) in [7, 11) is 0. The van der Waals surface area contributed by atoms with Gasteiger partial charge in [-0.1, -0.05) is 91.0 Å². The zero-order chi connectivity index (χ0) is 23.0. The predicted molar refractivity (Wildman–Crippen MR) is 124 cm³/mol. The van der Waals surface area contributed by atoms with Crippen LogP contribution in [-0.2, 0) is 20.9 Å². The zero-order valence-electron chi connectivity index (χ0n) is 18.7. The van der Waals surface area contributed by atoms with E-state index in [4.69, 9.17) is 9.47 Å². The van der Waals surface area contributed by atoms with E-state index in [-0.39, 0.29) is 6.61 Å². The first-order valence-corrected chi connectivity index (χ1v) is 10.6. The van der Waals surface area contributed by atoms with Crippen LogP contribution in [0.5, 0.6) is 0 Å². The van der Waals surface area contributed by atoms with Crippen molar-refractivity contribution in [2.24, 2.45) is 0 Å². The highest BCUT2D eigenvalue weighted by molar-refractivity contribution is 5.81. The molecule has 3 aromatic rings. The molecule has 0 aliphatic rings. The number of nitrogens with one attached hydrogen (secondary N) is 1. The van der Waals surface area contributed by atoms with Gasteiger partial charge in [0.05, 0.1) is 6.04 Å². The number of carbonyl (C=O) groups excluding carboxylic acids is 2. The maximum Gasteiger partial charge on any atom is 0.407 e. The average molecular weight is 432 g/mol. The highest BCUT2D eigenvalue weighted by Gasteiger charge is 2.36. The van der Waals surface area contributed by atoms with Crippen molar-refractivity contribution < 1.29 is 19.1 Å². The number of amides is 1. The van der Waals surface area contributed by atoms with Crippen molar-refractivity contribution in [3.05, 3.63) is 108 Å². The van der Waals surface area contributed by atoms with Gasteiger partial charge in [0.1, 0.15) is 18.1 Å². The number of carbonyl (C=O) groups is 2. The Balaban J connectivity index is 1.90. The molecule has 0 heterocycles. The van der Waals surface area contributed by atoms with Gasteiger partial charge in [-0.2, -0.15) is 0 Å². The Bertz CT molecular complexity index is 998. The third-order valence-electron chi connectivity index (χ3n) is 4.80. The van der Waals surface area contributed by atoms with Gasteiger partial charge in [0.25, 0.3) is 0 Å². The molecule has 0 fully saturated rings. The van der Waals surface area contributed by atoms with Crippen LogP contribution in [0, 0.1) is 0 Å². The molecule has 3 aromatic carbocycles. The Labute approximate surface area is 189 Å². The summed E-state index contributed by atoms with van der Waals surface area (Å²) in [5.41, 5.74) is 1.74. The van der Waals surface area contributed by atoms with Crippen molar-refractivity contribution in [3.8, 4) is 0 Å². The number of benzene rings is 3. The van der Waals surface area contributed by atoms with Crippen molar-refractivity contribution in [1.82, 2.24) is 5.32 Å². The van der Waals surface area contributed by atoms with Gasteiger partial charge in [0.15, 0.2) is 0 Å². The minimum atomic E-state index is -0.748. The van der Waals surface area contributed by atoms with Crippen LogP contribution in [-0.4, -0.2) is 17.7 Å². The maximum atomic E-state index is 13.3. The van der Waals surface area contributed by atoms with Crippen LogP contribution >= 0.6 is 0 Å². The minimum absolute atomic E-state index is 0.136. The van der Waals surface area contributed by atoms with Crippen molar-refractivity contribution in [2.75, 3.05) is 0 Å². The van der Waals surface area contributed by atoms with E-state index in [9.17, 15) is 9.59 Å². The summed E-state index contributed by atoms with van der Waals surface area (Å²) in [6.45, 7) is 5.61. The molecule has 0 bridgehead atoms. The molecular formula is C27H29NO4. The van der Waals surface area contributed by atoms with Crippen molar-refractivity contribution in [3.63, 3.8) is 0 Å². The molecule has 5 nitrogen and oxygen atoms in total. The monoisotopic (exact) mass is 431 g/mol. The van der Waals surface area contributed by atoms with Crippen LogP contribution in [0.4, 0.5) is 4.79 Å². The number of rotatable bonds is 7. The Kier molecular flexibility index (Phi) is 7.66. The van der Waals surface area contributed by atoms with E-state index in [1.54, 1.807) is 0 Å². The molecule has 0 aliphatic carbocycles. The van der Waals surface area contributed by atoms with E-state index < -0.39 is 29.6 Å². The molecule has 5 heteroatoms. The lowest BCUT2D eigenvalue weighted by Gasteiger charge is -2.30. The third-order valence-corrected chi connectivity index (χ3v) is 4.80. The fourth-order valence-electron chi connectivity index (χ4n) is 3.40. The first-order chi connectivity index (χ1) is 15.3. The summed E-state index contributed by atoms with van der Waals surface area (Å²) in [6, 6.07) is 27.5. The zero-order valence-corrected chi connectivity index (χ0v) is 18.7. The average Bonchev–Trinajstić information content (AvgIpc) is 2.78. The third kappa shape index (κ3) is 6.71. The second-order valence-electron chi connectivity index (χ2n) is 8.52. The molecule has 1 N–H and O–H groups in total. The lowest BCUT2D eigenvalue weighted by atomic mass is 9.87. The highest BCUT2D eigenvalue weighted by atomic mass is 16.6. The molecule has 0 saturated carbocycles. The normalized spacial score (nSPS) is 13.0. The maximum absolute atomic E-state index is 13.3. The van der Waals surface area contributed by atoms with Gasteiger partial charge >= 0.3 is 12.1 Å². The molecule has 0 aliphatic heterocycles. The fraction of sp³-hybridized carbons (Fsp3) is 0.259. The number of alkyl carbamates (subject to hydrolysis) is 1. The van der Waals surface area contributed by atoms with Crippen LogP contribution < -0.4 is 5.32 Å². The second kappa shape index (κ2) is 10.6. The molecule has 0 aromatic heterocycles. The van der Waals surface area contributed by atoms with Crippen LogP contribution in [0.25, 0.3) is 0 Å². The van der Waals surface area contributed by atoms with Crippen molar-refractivity contribution in [1.29, 1.82) is 0 Å². The van der Waals surface area contributed by atoms with Crippen molar-refractivity contribution >= 4 is 12.1 Å². The molecule has 0 spiro atoms. The second-order valence-corrected chi connectivity index (χ2v) is 8.52. The molecule has 0 saturated heterocycles. The first kappa shape index (κ1) is 23.1. The standard InChI is InChI=1S/C27H29NO4/c1-27(2,3)32-25(29)23(21-15-9-5-10-16-21)24(22-17-11-6-12-18-22)28-26(30)31-19-20-13-7-4-8-14-20/h4-18,23-24H,19H2,1-3H3,(H,28,30)/t23-,24+/m0/s1. The fourth-order valence-corrected chi connectivity index (χ4v) is 3.40. The molecule has 0 unspecified atom stereocenters. The summed E-state index contributed by atoms with van der Waals surface area (Å²) in [4.78, 5) is 26.1. The topological polar surface area (TPSA) is 64.6 Å². The SMILES string of the molecule is CC(C)(C)OC(=O)[C@@H](c1ccccc1)[C@H](NC(=O)OCc1ccccc1)c1ccccc1. The summed E-state index contributed by atoms with van der Waals surface area (Å²) in [6.07, 6.45) is -0.604. The van der Waals surface area contributed by atoms with E-state index in [0.29, 0.717) is 0 Å². The molecule has 1 amide bonds. The lowest BCUT2D eigenvalue weighted by Crippen LogP contribution is -2.38. The number of esters is 1. The van der Waals surface area contributed by atoms with Gasteiger partial charge in [0.2, 0.25) is 0 Å². The van der Waals surface area contributed by atoms with E-state index in [2.05, 4.69) is 5.32 Å². The van der Waals surface area contributed by atoms with E-state index >= 15 is 0 Å². The Morgan fingerprint density at radius 3 is 1.81 bits per heavy atom. The molecule has 0 radical (unpaired) electrons. The van der Waals surface area contributed by atoms with Crippen LogP contribution in [0.3, 0.4) is 0 Å². The highest BCUT2D eigenvalue weighted by Crippen LogP contribution is 2.33. The van der Waals surface area contributed by atoms with Crippen LogP contribution in [0.2, 0.25) is 0 Å². The first-order valence-electron chi connectivity index (χ1n) is 10.6. The quantitative estimate of drug-likeness (QED) is 0.482. The van der Waals surface area contributed by atoms with Gasteiger partial charge in [-0.3, -0.25) is 4.79 Å². The van der Waals surface area contributed by atoms with Gasteiger partial charge in [-0.25, -0.2) is 4.79 Å². The largest absolute Gasteiger partial charge is 0.459 e. The molecule has 32 heavy (non-hydrogen) atoms. The van der Waals surface area contributed by atoms with E-state index in [1.807, 2.05) is 112 Å². The van der Waals surface area contributed by atoms with Gasteiger partial charge < -0.3 is 14.8 Å². The van der Waals surface area contributed by atoms with Gasteiger partial charge in [-0.15, -0.1) is 0 Å². The summed E-state index contributed by atoms with van der Waals surface area (Å²) < 4.78 is 11.2. The predicted octanol–water partition coefficient (Wildman–Crippen LogP) is 5.78. The Hall–Kier alpha value is -3.60. The summed E-state index contributed by atoms with van der Waals surface area (Å²) >= 11 is 0.